The van der Waals surface area contributed by atoms with E-state index in [-0.39, 0.29) is 5.97 Å². The summed E-state index contributed by atoms with van der Waals surface area (Å²) in [5.41, 5.74) is 0. The second kappa shape index (κ2) is 6.51. The van der Waals surface area contributed by atoms with Crippen molar-refractivity contribution in [1.29, 1.82) is 0 Å². The van der Waals surface area contributed by atoms with E-state index in [1.54, 1.807) is 0 Å². The summed E-state index contributed by atoms with van der Waals surface area (Å²) in [6.45, 7) is 2.12. The van der Waals surface area contributed by atoms with Gasteiger partial charge in [0.15, 0.2) is 0 Å². The Kier molecular flexibility index (Phi) is 6.79. The second-order valence-electron chi connectivity index (χ2n) is 1.95. The molecule has 0 aromatic heterocycles. The molecule has 0 aromatic carbocycles. The minimum absolute atomic E-state index is 0.0200. The summed E-state index contributed by atoms with van der Waals surface area (Å²) < 4.78 is 4.62. The molecule has 0 amide bonds. The Balaban J connectivity index is 2.97. The zero-order chi connectivity index (χ0) is 7.11. The van der Waals surface area contributed by atoms with Crippen LogP contribution in [-0.4, -0.2) is 32.2 Å². The molecule has 0 spiro atoms. The Morgan fingerprint density at radius 1 is 1.56 bits per heavy atom. The van der Waals surface area contributed by atoms with Crippen molar-refractivity contribution in [3.8, 4) is 0 Å². The Labute approximate surface area is 72.3 Å². The summed E-state index contributed by atoms with van der Waals surface area (Å²) in [4.78, 5) is 10.5. The van der Waals surface area contributed by atoms with Gasteiger partial charge in [-0.3, -0.25) is 0 Å². The van der Waals surface area contributed by atoms with Gasteiger partial charge >= 0.3 is 72.3 Å². The van der Waals surface area contributed by atoms with Gasteiger partial charge in [-0.25, -0.2) is 0 Å². The fraction of sp³-hybridized carbons (Fsp3) is 0.833. The third-order valence-corrected chi connectivity index (χ3v) is 2.14. The Morgan fingerprint density at radius 2 is 2.22 bits per heavy atom. The van der Waals surface area contributed by atoms with E-state index in [4.69, 9.17) is 0 Å². The van der Waals surface area contributed by atoms with Crippen LogP contribution in [-0.2, 0) is 7.48 Å². The van der Waals surface area contributed by atoms with Gasteiger partial charge in [0, 0.05) is 0 Å². The summed E-state index contributed by atoms with van der Waals surface area (Å²) in [6, 6.07) is 0. The quantitative estimate of drug-likeness (QED) is 0.575. The monoisotopic (exact) mass is 320 g/mol. The molecule has 0 aliphatic heterocycles. The maximum absolute atomic E-state index is 10.5. The fourth-order valence-electron chi connectivity index (χ4n) is 0.578. The van der Waals surface area contributed by atoms with Crippen molar-refractivity contribution in [3.63, 3.8) is 0 Å². The molecule has 0 fully saturated rings. The predicted octanol–water partition coefficient (Wildman–Crippen LogP) is 1.19. The van der Waals surface area contributed by atoms with Crippen molar-refractivity contribution in [2.75, 3.05) is 0 Å². The molecular weight excluding hydrogens is 308 g/mol. The van der Waals surface area contributed by atoms with E-state index in [0.29, 0.717) is 32.6 Å². The van der Waals surface area contributed by atoms with E-state index in [1.165, 1.54) is 0 Å². The molecule has 0 N–H and O–H groups in total. The van der Waals surface area contributed by atoms with E-state index < -0.39 is 0 Å². The molecule has 9 heavy (non-hydrogen) atoms. The van der Waals surface area contributed by atoms with Crippen LogP contribution in [0.15, 0.2) is 0 Å². The van der Waals surface area contributed by atoms with Crippen LogP contribution in [0.5, 0.6) is 0 Å². The molecule has 2 nitrogen and oxygen atoms in total. The van der Waals surface area contributed by atoms with Crippen LogP contribution in [0.3, 0.4) is 0 Å². The predicted molar refractivity (Wildman–Crippen MR) is 36.0 cm³/mol. The summed E-state index contributed by atoms with van der Waals surface area (Å²) in [7, 11) is 0. The topological polar surface area (TPSA) is 26.3 Å². The van der Waals surface area contributed by atoms with Crippen LogP contribution in [0.2, 0.25) is 0 Å². The Bertz CT molecular complexity index is 83.1. The molecule has 0 heterocycles. The van der Waals surface area contributed by atoms with Gasteiger partial charge in [0.25, 0.3) is 0 Å². The van der Waals surface area contributed by atoms with Gasteiger partial charge in [0.1, 0.15) is 0 Å². The summed E-state index contributed by atoms with van der Waals surface area (Å²) in [5, 5.41) is 0. The number of hydrogen-bond acceptors (Lipinski definition) is 2. The third-order valence-electron chi connectivity index (χ3n) is 1.12. The number of rotatable bonds is 4. The molecule has 0 bridgehead atoms. The van der Waals surface area contributed by atoms with Gasteiger partial charge in [-0.1, -0.05) is 0 Å². The molecule has 0 radical (unpaired) electrons. The number of hydrogen-bond donors (Lipinski definition) is 0. The number of unbranched alkanes of at least 4 members (excludes halogenated alkanes) is 2. The second-order valence-corrected chi connectivity index (χ2v) is 2.86. The van der Waals surface area contributed by atoms with E-state index in [0.717, 1.165) is 19.3 Å². The molecule has 50 valence electrons. The van der Waals surface area contributed by atoms with Crippen molar-refractivity contribution in [1.82, 2.24) is 0 Å². The molecule has 0 aromatic rings. The van der Waals surface area contributed by atoms with Gasteiger partial charge in [-0.05, 0) is 0 Å². The normalized spacial score (nSPS) is 8.89. The first kappa shape index (κ1) is 9.39. The fourth-order valence-corrected chi connectivity index (χ4v) is 1.04. The van der Waals surface area contributed by atoms with Crippen molar-refractivity contribution >= 4 is 32.2 Å². The standard InChI is InChI=1S/C6H12O2.Tl/c1-2-3-4-5-6(7)8;/h2-5H2,1H3,(H,7,8);/q;+1/p-1. The molecule has 0 unspecified atom stereocenters. The van der Waals surface area contributed by atoms with Crippen LogP contribution >= 0.6 is 0 Å². The summed E-state index contributed by atoms with van der Waals surface area (Å²) in [5.74, 6) is -0.0200. The molecule has 0 saturated carbocycles. The van der Waals surface area contributed by atoms with Crippen molar-refractivity contribution in [3.05, 3.63) is 0 Å². The zero-order valence-electron chi connectivity index (χ0n) is 5.72. The molecule has 0 rings (SSSR count). The molecule has 0 atom stereocenters. The van der Waals surface area contributed by atoms with Crippen LogP contribution < -0.4 is 0 Å². The van der Waals surface area contributed by atoms with Gasteiger partial charge in [-0.2, -0.15) is 0 Å². The first-order valence-corrected chi connectivity index (χ1v) is 5.04. The molecular formula is C6H11O2Tl. The Hall–Kier alpha value is 0.392. The van der Waals surface area contributed by atoms with Crippen molar-refractivity contribution in [2.24, 2.45) is 0 Å². The van der Waals surface area contributed by atoms with Crippen LogP contribution in [0.1, 0.15) is 32.6 Å². The van der Waals surface area contributed by atoms with Crippen LogP contribution in [0, 0.1) is 0 Å². The van der Waals surface area contributed by atoms with E-state index >= 15 is 0 Å². The van der Waals surface area contributed by atoms with Gasteiger partial charge in [0.05, 0.1) is 0 Å². The molecule has 0 aliphatic rings. The zero-order valence-corrected chi connectivity index (χ0v) is 10.2. The van der Waals surface area contributed by atoms with E-state index in [1.807, 2.05) is 0 Å². The summed E-state index contributed by atoms with van der Waals surface area (Å²) in [6.07, 6.45) is 3.91. The average molecular weight is 320 g/mol. The molecule has 0 aliphatic carbocycles. The van der Waals surface area contributed by atoms with Crippen LogP contribution in [0.25, 0.3) is 0 Å². The first-order valence-electron chi connectivity index (χ1n) is 3.20. The minimum atomic E-state index is -0.0200. The SMILES string of the molecule is CCCCCC(=O)[O][Tl]. The van der Waals surface area contributed by atoms with Crippen molar-refractivity contribution < 1.29 is 7.48 Å². The summed E-state index contributed by atoms with van der Waals surface area (Å²) >= 11 is 0.365. The third kappa shape index (κ3) is 6.28. The molecule has 0 saturated heterocycles. The molecule has 3 heteroatoms. The van der Waals surface area contributed by atoms with Gasteiger partial charge < -0.3 is 0 Å². The van der Waals surface area contributed by atoms with E-state index in [2.05, 4.69) is 9.61 Å². The maximum atomic E-state index is 10.5. The van der Waals surface area contributed by atoms with Crippen LogP contribution in [0.4, 0.5) is 0 Å². The van der Waals surface area contributed by atoms with E-state index in [9.17, 15) is 4.79 Å². The number of carbonyl (C=O) groups is 1. The number of carbonyl (C=O) groups excluding carboxylic acids is 1. The average Bonchev–Trinajstić information content (AvgIpc) is 1.89. The first-order chi connectivity index (χ1) is 4.31. The Morgan fingerprint density at radius 3 is 2.67 bits per heavy atom. The van der Waals surface area contributed by atoms with Crippen molar-refractivity contribution in [2.45, 2.75) is 32.6 Å². The van der Waals surface area contributed by atoms with Gasteiger partial charge in [0.2, 0.25) is 0 Å². The van der Waals surface area contributed by atoms with Gasteiger partial charge in [-0.15, -0.1) is 0 Å².